The van der Waals surface area contributed by atoms with E-state index in [9.17, 15) is 9.59 Å². The summed E-state index contributed by atoms with van der Waals surface area (Å²) in [5.41, 5.74) is 1.13. The molecule has 0 saturated carbocycles. The molecule has 1 atom stereocenters. The Bertz CT molecular complexity index is 781. The molecule has 0 radical (unpaired) electrons. The van der Waals surface area contributed by atoms with Gasteiger partial charge in [-0.2, -0.15) is 0 Å². The number of carbonyl (C=O) groups is 2. The molecule has 0 bridgehead atoms. The maximum atomic E-state index is 13.1. The first kappa shape index (κ1) is 23.9. The maximum absolute atomic E-state index is 13.1. The summed E-state index contributed by atoms with van der Waals surface area (Å²) in [6, 6.07) is 16.8. The molecular weight excluding hydrogens is 444 g/mol. The number of nitrogens with one attached hydrogen (secondary N) is 1. The van der Waals surface area contributed by atoms with Crippen molar-refractivity contribution >= 4 is 27.7 Å². The average molecular weight is 475 g/mol. The summed E-state index contributed by atoms with van der Waals surface area (Å²) in [6.45, 7) is 5.00. The molecule has 5 nitrogen and oxygen atoms in total. The Balaban J connectivity index is 2.08. The molecule has 2 amide bonds. The minimum absolute atomic E-state index is 0.101. The van der Waals surface area contributed by atoms with E-state index in [1.54, 1.807) is 17.0 Å². The molecule has 30 heavy (non-hydrogen) atoms. The van der Waals surface area contributed by atoms with Crippen molar-refractivity contribution in [2.45, 2.75) is 45.6 Å². The standard InChI is InChI=1S/C24H31BrN2O3/c1-3-5-16-26-24(29)22(4-2)27(17-15-19-9-7-6-8-10-19)23(28)18-30-21-13-11-20(25)12-14-21/h6-14,22H,3-5,15-18H2,1-2H3,(H,26,29). The minimum Gasteiger partial charge on any atom is -0.484 e. The van der Waals surface area contributed by atoms with E-state index in [-0.39, 0.29) is 18.4 Å². The molecule has 0 fully saturated rings. The zero-order valence-electron chi connectivity index (χ0n) is 17.8. The third kappa shape index (κ3) is 7.82. The summed E-state index contributed by atoms with van der Waals surface area (Å²) in [5.74, 6) is 0.331. The van der Waals surface area contributed by atoms with Gasteiger partial charge in [-0.05, 0) is 49.1 Å². The van der Waals surface area contributed by atoms with Gasteiger partial charge in [-0.3, -0.25) is 9.59 Å². The smallest absolute Gasteiger partial charge is 0.261 e. The number of amides is 2. The summed E-state index contributed by atoms with van der Waals surface area (Å²) in [7, 11) is 0. The van der Waals surface area contributed by atoms with Crippen LogP contribution >= 0.6 is 15.9 Å². The summed E-state index contributed by atoms with van der Waals surface area (Å²) >= 11 is 3.39. The number of ether oxygens (including phenoxy) is 1. The molecule has 0 aromatic heterocycles. The highest BCUT2D eigenvalue weighted by Gasteiger charge is 2.28. The molecule has 0 aliphatic rings. The average Bonchev–Trinajstić information content (AvgIpc) is 2.76. The second-order valence-corrected chi connectivity index (χ2v) is 8.05. The number of halogens is 1. The van der Waals surface area contributed by atoms with E-state index in [4.69, 9.17) is 4.74 Å². The molecule has 1 unspecified atom stereocenters. The number of nitrogens with zero attached hydrogens (tertiary/aromatic N) is 1. The SMILES string of the molecule is CCCCNC(=O)C(CC)N(CCc1ccccc1)C(=O)COc1ccc(Br)cc1. The summed E-state index contributed by atoms with van der Waals surface area (Å²) in [5, 5.41) is 2.97. The van der Waals surface area contributed by atoms with Crippen LogP contribution < -0.4 is 10.1 Å². The molecule has 2 aromatic rings. The molecule has 0 aliphatic carbocycles. The van der Waals surface area contributed by atoms with Crippen LogP contribution in [0.3, 0.4) is 0 Å². The monoisotopic (exact) mass is 474 g/mol. The normalized spacial score (nSPS) is 11.6. The lowest BCUT2D eigenvalue weighted by molar-refractivity contribution is -0.142. The van der Waals surface area contributed by atoms with Gasteiger partial charge in [0.2, 0.25) is 5.91 Å². The largest absolute Gasteiger partial charge is 0.484 e. The highest BCUT2D eigenvalue weighted by atomic mass is 79.9. The van der Waals surface area contributed by atoms with E-state index >= 15 is 0 Å². The van der Waals surface area contributed by atoms with Gasteiger partial charge in [0, 0.05) is 17.6 Å². The number of hydrogen-bond donors (Lipinski definition) is 1. The second-order valence-electron chi connectivity index (χ2n) is 7.13. The van der Waals surface area contributed by atoms with E-state index in [0.29, 0.717) is 31.7 Å². The molecule has 0 aliphatic heterocycles. The van der Waals surface area contributed by atoms with Crippen molar-refractivity contribution in [3.63, 3.8) is 0 Å². The van der Waals surface area contributed by atoms with E-state index in [1.807, 2.05) is 49.4 Å². The van der Waals surface area contributed by atoms with E-state index in [1.165, 1.54) is 0 Å². The summed E-state index contributed by atoms with van der Waals surface area (Å²) in [6.07, 6.45) is 3.17. The number of rotatable bonds is 12. The van der Waals surface area contributed by atoms with Crippen molar-refractivity contribution in [3.8, 4) is 5.75 Å². The van der Waals surface area contributed by atoms with Crippen molar-refractivity contribution < 1.29 is 14.3 Å². The Hall–Kier alpha value is -2.34. The van der Waals surface area contributed by atoms with Crippen LogP contribution in [0.1, 0.15) is 38.7 Å². The fourth-order valence-corrected chi connectivity index (χ4v) is 3.43. The van der Waals surface area contributed by atoms with Crippen LogP contribution in [-0.2, 0) is 16.0 Å². The Morgan fingerprint density at radius 3 is 2.40 bits per heavy atom. The predicted molar refractivity (Wildman–Crippen MR) is 123 cm³/mol. The van der Waals surface area contributed by atoms with Crippen LogP contribution in [0.15, 0.2) is 59.1 Å². The first-order chi connectivity index (χ1) is 14.5. The van der Waals surface area contributed by atoms with E-state index < -0.39 is 6.04 Å². The molecule has 6 heteroatoms. The van der Waals surface area contributed by atoms with E-state index in [0.717, 1.165) is 22.9 Å². The number of hydrogen-bond acceptors (Lipinski definition) is 3. The molecule has 2 rings (SSSR count). The topological polar surface area (TPSA) is 58.6 Å². The Kier molecular flexibility index (Phi) is 10.4. The molecule has 2 aromatic carbocycles. The van der Waals surface area contributed by atoms with Crippen molar-refractivity contribution in [2.75, 3.05) is 19.7 Å². The molecule has 1 N–H and O–H groups in total. The number of unbranched alkanes of at least 4 members (excludes halogenated alkanes) is 1. The fraction of sp³-hybridized carbons (Fsp3) is 0.417. The molecule has 162 valence electrons. The van der Waals surface area contributed by atoms with Gasteiger partial charge < -0.3 is 15.0 Å². The Morgan fingerprint density at radius 1 is 1.07 bits per heavy atom. The second kappa shape index (κ2) is 13.1. The van der Waals surface area contributed by atoms with Crippen LogP contribution in [0.2, 0.25) is 0 Å². The van der Waals surface area contributed by atoms with Crippen molar-refractivity contribution in [1.29, 1.82) is 0 Å². The third-order valence-corrected chi connectivity index (χ3v) is 5.40. The first-order valence-electron chi connectivity index (χ1n) is 10.5. The van der Waals surface area contributed by atoms with E-state index in [2.05, 4.69) is 28.2 Å². The fourth-order valence-electron chi connectivity index (χ4n) is 3.16. The maximum Gasteiger partial charge on any atom is 0.261 e. The molecular formula is C24H31BrN2O3. The van der Waals surface area contributed by atoms with Crippen LogP contribution in [0.4, 0.5) is 0 Å². The zero-order chi connectivity index (χ0) is 21.8. The highest BCUT2D eigenvalue weighted by Crippen LogP contribution is 2.17. The van der Waals surface area contributed by atoms with Gasteiger partial charge in [-0.1, -0.05) is 66.5 Å². The van der Waals surface area contributed by atoms with Gasteiger partial charge in [0.05, 0.1) is 0 Å². The lowest BCUT2D eigenvalue weighted by atomic mass is 10.1. The van der Waals surface area contributed by atoms with Crippen molar-refractivity contribution in [2.24, 2.45) is 0 Å². The molecule has 0 heterocycles. The number of benzene rings is 2. The van der Waals surface area contributed by atoms with Gasteiger partial charge in [0.25, 0.3) is 5.91 Å². The lowest BCUT2D eigenvalue weighted by Gasteiger charge is -2.30. The van der Waals surface area contributed by atoms with Gasteiger partial charge in [0.15, 0.2) is 6.61 Å². The van der Waals surface area contributed by atoms with Gasteiger partial charge >= 0.3 is 0 Å². The predicted octanol–water partition coefficient (Wildman–Crippen LogP) is 4.59. The van der Waals surface area contributed by atoms with Crippen molar-refractivity contribution in [3.05, 3.63) is 64.6 Å². The van der Waals surface area contributed by atoms with Crippen LogP contribution in [0.25, 0.3) is 0 Å². The summed E-state index contributed by atoms with van der Waals surface area (Å²) < 4.78 is 6.63. The Labute approximate surface area is 187 Å². The minimum atomic E-state index is -0.508. The molecule has 0 saturated heterocycles. The van der Waals surface area contributed by atoms with Gasteiger partial charge in [-0.15, -0.1) is 0 Å². The van der Waals surface area contributed by atoms with Crippen LogP contribution in [0.5, 0.6) is 5.75 Å². The Morgan fingerprint density at radius 2 is 1.77 bits per heavy atom. The van der Waals surface area contributed by atoms with Crippen LogP contribution in [-0.4, -0.2) is 42.5 Å². The first-order valence-corrected chi connectivity index (χ1v) is 11.3. The van der Waals surface area contributed by atoms with Crippen LogP contribution in [0, 0.1) is 0 Å². The summed E-state index contributed by atoms with van der Waals surface area (Å²) in [4.78, 5) is 27.5. The van der Waals surface area contributed by atoms with Gasteiger partial charge in [-0.25, -0.2) is 0 Å². The molecule has 0 spiro atoms. The third-order valence-electron chi connectivity index (χ3n) is 4.88. The zero-order valence-corrected chi connectivity index (χ0v) is 19.4. The van der Waals surface area contributed by atoms with Crippen molar-refractivity contribution in [1.82, 2.24) is 10.2 Å². The van der Waals surface area contributed by atoms with Gasteiger partial charge in [0.1, 0.15) is 11.8 Å². The number of carbonyl (C=O) groups excluding carboxylic acids is 2. The lowest BCUT2D eigenvalue weighted by Crippen LogP contribution is -2.51. The quantitative estimate of drug-likeness (QED) is 0.457. The highest BCUT2D eigenvalue weighted by molar-refractivity contribution is 9.10.